The predicted octanol–water partition coefficient (Wildman–Crippen LogP) is 2.58. The maximum Gasteiger partial charge on any atom is 0.197 e. The first-order chi connectivity index (χ1) is 6.36. The van der Waals surface area contributed by atoms with Crippen LogP contribution in [0.2, 0.25) is 0 Å². The zero-order chi connectivity index (χ0) is 9.10. The van der Waals surface area contributed by atoms with Crippen LogP contribution in [-0.2, 0) is 9.53 Å². The first-order valence-corrected chi connectivity index (χ1v) is 5.26. The Morgan fingerprint density at radius 2 is 2.00 bits per heavy atom. The maximum atomic E-state index is 11.4. The Morgan fingerprint density at radius 3 is 2.69 bits per heavy atom. The lowest BCUT2D eigenvalue weighted by Gasteiger charge is -2.17. The molecule has 1 saturated carbocycles. The Labute approximate surface area is 79.0 Å². The van der Waals surface area contributed by atoms with Crippen molar-refractivity contribution < 1.29 is 9.53 Å². The van der Waals surface area contributed by atoms with E-state index in [2.05, 4.69) is 0 Å². The minimum absolute atomic E-state index is 0.207. The minimum atomic E-state index is 0.207. The molecule has 72 valence electrons. The highest BCUT2D eigenvalue weighted by atomic mass is 16.5. The Balaban J connectivity index is 1.91. The monoisotopic (exact) mass is 180 g/mol. The van der Waals surface area contributed by atoms with Crippen LogP contribution in [0.3, 0.4) is 0 Å². The van der Waals surface area contributed by atoms with Gasteiger partial charge in [-0.25, -0.2) is 0 Å². The first kappa shape index (κ1) is 8.79. The highest BCUT2D eigenvalue weighted by Crippen LogP contribution is 2.25. The lowest BCUT2D eigenvalue weighted by Crippen LogP contribution is -2.15. The van der Waals surface area contributed by atoms with E-state index in [1.54, 1.807) is 0 Å². The molecule has 0 amide bonds. The molecule has 2 aliphatic carbocycles. The van der Waals surface area contributed by atoms with Gasteiger partial charge in [0.1, 0.15) is 0 Å². The van der Waals surface area contributed by atoms with Gasteiger partial charge in [0.2, 0.25) is 0 Å². The molecule has 0 aromatic heterocycles. The molecule has 0 bridgehead atoms. The van der Waals surface area contributed by atoms with E-state index in [0.29, 0.717) is 18.3 Å². The summed E-state index contributed by atoms with van der Waals surface area (Å²) in [6.45, 7) is 0. The molecule has 2 heteroatoms. The number of Topliss-reactive ketones (excluding diaryl/α,β-unsaturated/α-hetero) is 1. The van der Waals surface area contributed by atoms with Gasteiger partial charge in [0.15, 0.2) is 11.5 Å². The quantitative estimate of drug-likeness (QED) is 0.653. The maximum absolute atomic E-state index is 11.4. The zero-order valence-corrected chi connectivity index (χ0v) is 7.92. The number of allylic oxidation sites excluding steroid dienone is 2. The van der Waals surface area contributed by atoms with Crippen molar-refractivity contribution in [3.63, 3.8) is 0 Å². The fraction of sp³-hybridized carbons (Fsp3) is 0.727. The van der Waals surface area contributed by atoms with Crippen molar-refractivity contribution in [2.45, 2.75) is 51.0 Å². The largest absolute Gasteiger partial charge is 0.487 e. The second-order valence-corrected chi connectivity index (χ2v) is 3.91. The van der Waals surface area contributed by atoms with Gasteiger partial charge in [-0.15, -0.1) is 0 Å². The Kier molecular flexibility index (Phi) is 2.67. The summed E-state index contributed by atoms with van der Waals surface area (Å²) in [5.74, 6) is 0.858. The van der Waals surface area contributed by atoms with Gasteiger partial charge in [0.05, 0.1) is 6.10 Å². The first-order valence-electron chi connectivity index (χ1n) is 5.26. The van der Waals surface area contributed by atoms with Gasteiger partial charge >= 0.3 is 0 Å². The molecule has 0 spiro atoms. The summed E-state index contributed by atoms with van der Waals surface area (Å²) in [5.41, 5.74) is 0. The predicted molar refractivity (Wildman–Crippen MR) is 50.3 cm³/mol. The topological polar surface area (TPSA) is 26.3 Å². The number of rotatable bonds is 2. The van der Waals surface area contributed by atoms with Gasteiger partial charge in [-0.05, 0) is 44.6 Å². The van der Waals surface area contributed by atoms with Crippen molar-refractivity contribution in [3.8, 4) is 0 Å². The molecule has 0 radical (unpaired) electrons. The third kappa shape index (κ3) is 2.11. The summed E-state index contributed by atoms with van der Waals surface area (Å²) in [7, 11) is 0. The fourth-order valence-electron chi connectivity index (χ4n) is 2.03. The molecule has 0 aliphatic heterocycles. The van der Waals surface area contributed by atoms with Gasteiger partial charge in [0.25, 0.3) is 0 Å². The summed E-state index contributed by atoms with van der Waals surface area (Å²) >= 11 is 0. The number of ketones is 1. The summed E-state index contributed by atoms with van der Waals surface area (Å²) in [4.78, 5) is 11.4. The van der Waals surface area contributed by atoms with E-state index in [9.17, 15) is 4.79 Å². The third-order valence-electron chi connectivity index (χ3n) is 2.81. The average molecular weight is 180 g/mol. The molecule has 0 aromatic carbocycles. The van der Waals surface area contributed by atoms with Crippen LogP contribution in [-0.4, -0.2) is 11.9 Å². The van der Waals surface area contributed by atoms with E-state index in [1.165, 1.54) is 12.8 Å². The van der Waals surface area contributed by atoms with Crippen molar-refractivity contribution in [3.05, 3.63) is 11.8 Å². The van der Waals surface area contributed by atoms with Crippen LogP contribution in [0.25, 0.3) is 0 Å². The molecule has 2 nitrogen and oxygen atoms in total. The molecule has 1 fully saturated rings. The number of carbonyl (C=O) groups excluding carboxylic acids is 1. The van der Waals surface area contributed by atoms with Crippen molar-refractivity contribution in [1.82, 2.24) is 0 Å². The molecule has 13 heavy (non-hydrogen) atoms. The van der Waals surface area contributed by atoms with Crippen LogP contribution in [0.1, 0.15) is 44.9 Å². The molecular weight excluding hydrogens is 164 g/mol. The van der Waals surface area contributed by atoms with E-state index < -0.39 is 0 Å². The van der Waals surface area contributed by atoms with Gasteiger partial charge in [0, 0.05) is 6.42 Å². The highest BCUT2D eigenvalue weighted by Gasteiger charge is 2.21. The molecule has 2 aliphatic rings. The van der Waals surface area contributed by atoms with Gasteiger partial charge < -0.3 is 4.74 Å². The Hall–Kier alpha value is -0.790. The fourth-order valence-corrected chi connectivity index (χ4v) is 2.03. The average Bonchev–Trinajstić information content (AvgIpc) is 2.61. The van der Waals surface area contributed by atoms with Gasteiger partial charge in [-0.1, -0.05) is 0 Å². The standard InChI is InChI=1S/C11H16O2/c12-10-7-3-4-8-11(10)13-9-5-1-2-6-9/h8-9H,1-7H2. The second-order valence-electron chi connectivity index (χ2n) is 3.91. The van der Waals surface area contributed by atoms with Crippen LogP contribution in [0.4, 0.5) is 0 Å². The molecule has 0 heterocycles. The lowest BCUT2D eigenvalue weighted by molar-refractivity contribution is -0.120. The van der Waals surface area contributed by atoms with Gasteiger partial charge in [-0.3, -0.25) is 4.79 Å². The van der Waals surface area contributed by atoms with E-state index in [-0.39, 0.29) is 5.78 Å². The summed E-state index contributed by atoms with van der Waals surface area (Å²) in [6.07, 6.45) is 9.74. The molecule has 0 saturated heterocycles. The van der Waals surface area contributed by atoms with Crippen molar-refractivity contribution >= 4 is 5.78 Å². The minimum Gasteiger partial charge on any atom is -0.487 e. The van der Waals surface area contributed by atoms with E-state index in [0.717, 1.165) is 25.7 Å². The second kappa shape index (κ2) is 3.95. The summed E-state index contributed by atoms with van der Waals surface area (Å²) in [5, 5.41) is 0. The van der Waals surface area contributed by atoms with Crippen LogP contribution in [0, 0.1) is 0 Å². The number of ether oxygens (including phenoxy) is 1. The van der Waals surface area contributed by atoms with E-state index >= 15 is 0 Å². The van der Waals surface area contributed by atoms with Crippen LogP contribution < -0.4 is 0 Å². The SMILES string of the molecule is O=C1CCCC=C1OC1CCCC1. The highest BCUT2D eigenvalue weighted by molar-refractivity contribution is 5.94. The van der Waals surface area contributed by atoms with Crippen molar-refractivity contribution in [1.29, 1.82) is 0 Å². The summed E-state index contributed by atoms with van der Waals surface area (Å²) in [6, 6.07) is 0. The summed E-state index contributed by atoms with van der Waals surface area (Å²) < 4.78 is 5.68. The zero-order valence-electron chi connectivity index (χ0n) is 7.92. The number of hydrogen-bond acceptors (Lipinski definition) is 2. The molecule has 0 atom stereocenters. The smallest absolute Gasteiger partial charge is 0.197 e. The molecule has 0 N–H and O–H groups in total. The molecule has 0 aromatic rings. The number of hydrogen-bond donors (Lipinski definition) is 0. The van der Waals surface area contributed by atoms with Crippen LogP contribution in [0.15, 0.2) is 11.8 Å². The van der Waals surface area contributed by atoms with Crippen molar-refractivity contribution in [2.24, 2.45) is 0 Å². The van der Waals surface area contributed by atoms with Gasteiger partial charge in [-0.2, -0.15) is 0 Å². The van der Waals surface area contributed by atoms with Crippen LogP contribution >= 0.6 is 0 Å². The molecule has 0 unspecified atom stereocenters. The lowest BCUT2D eigenvalue weighted by atomic mass is 10.0. The number of carbonyl (C=O) groups is 1. The third-order valence-corrected chi connectivity index (χ3v) is 2.81. The Morgan fingerprint density at radius 1 is 1.23 bits per heavy atom. The molecular formula is C11H16O2. The van der Waals surface area contributed by atoms with Crippen molar-refractivity contribution in [2.75, 3.05) is 0 Å². The molecule has 2 rings (SSSR count). The van der Waals surface area contributed by atoms with E-state index in [1.807, 2.05) is 6.08 Å². The Bertz CT molecular complexity index is 224. The van der Waals surface area contributed by atoms with E-state index in [4.69, 9.17) is 4.74 Å². The normalized spacial score (nSPS) is 24.6. The van der Waals surface area contributed by atoms with Crippen LogP contribution in [0.5, 0.6) is 0 Å².